The van der Waals surface area contributed by atoms with Crippen molar-refractivity contribution < 1.29 is 9.53 Å². The van der Waals surface area contributed by atoms with Crippen LogP contribution in [0.4, 0.5) is 5.69 Å². The summed E-state index contributed by atoms with van der Waals surface area (Å²) in [6.07, 6.45) is 0. The van der Waals surface area contributed by atoms with Crippen molar-refractivity contribution in [2.75, 3.05) is 45.2 Å². The number of benzene rings is 1. The minimum atomic E-state index is -0.319. The van der Waals surface area contributed by atoms with E-state index < -0.39 is 0 Å². The molecule has 1 fully saturated rings. The van der Waals surface area contributed by atoms with Gasteiger partial charge in [0.15, 0.2) is 0 Å². The number of rotatable bonds is 5. The van der Waals surface area contributed by atoms with Crippen molar-refractivity contribution in [2.45, 2.75) is 20.4 Å². The van der Waals surface area contributed by atoms with Crippen molar-refractivity contribution in [2.24, 2.45) is 0 Å². The molecule has 1 aliphatic heterocycles. The fraction of sp³-hybridized carbons (Fsp3) is 0.391. The Morgan fingerprint density at radius 3 is 2.53 bits per heavy atom. The number of H-pyrrole nitrogens is 1. The second-order valence-corrected chi connectivity index (χ2v) is 7.96. The van der Waals surface area contributed by atoms with Crippen molar-refractivity contribution in [1.82, 2.24) is 25.2 Å². The normalized spacial score (nSPS) is 14.6. The number of ether oxygens (including phenoxy) is 1. The number of hydrogen-bond donors (Lipinski definition) is 2. The summed E-state index contributed by atoms with van der Waals surface area (Å²) in [5.74, 6) is -0.0980. The van der Waals surface area contributed by atoms with Crippen LogP contribution in [0, 0.1) is 13.8 Å². The maximum Gasteiger partial charge on any atom is 0.311 e. The van der Waals surface area contributed by atoms with E-state index in [2.05, 4.69) is 36.1 Å². The van der Waals surface area contributed by atoms with Gasteiger partial charge in [0.2, 0.25) is 0 Å². The fourth-order valence-electron chi connectivity index (χ4n) is 4.16. The Balaban J connectivity index is 1.45. The molecule has 0 spiro atoms. The van der Waals surface area contributed by atoms with Gasteiger partial charge < -0.3 is 19.9 Å². The number of anilines is 1. The first-order valence-electron chi connectivity index (χ1n) is 10.6. The van der Waals surface area contributed by atoms with Gasteiger partial charge in [0, 0.05) is 39.8 Å². The van der Waals surface area contributed by atoms with Crippen molar-refractivity contribution in [3.05, 3.63) is 57.1 Å². The predicted molar refractivity (Wildman–Crippen MR) is 124 cm³/mol. The molecule has 0 saturated carbocycles. The Hall–Kier alpha value is -3.46. The number of nitrogens with zero attached hydrogens (tertiary/aromatic N) is 4. The standard InChI is InChI=1S/C23H28N6O3/c1-14-16(5-6-17-20(14)27-22(31)23(26-17)32-4)13-28-9-11-29(12-10-28)19-8-7-18(21(30)24-3)25-15(19)2/h5-8H,9-13H2,1-4H3,(H,24,30)(H,27,31). The van der Waals surface area contributed by atoms with Crippen LogP contribution in [0.3, 0.4) is 0 Å². The Morgan fingerprint density at radius 2 is 1.88 bits per heavy atom. The molecule has 9 heteroatoms. The highest BCUT2D eigenvalue weighted by Gasteiger charge is 2.21. The zero-order chi connectivity index (χ0) is 22.8. The Morgan fingerprint density at radius 1 is 1.12 bits per heavy atom. The number of carbonyl (C=O) groups is 1. The zero-order valence-corrected chi connectivity index (χ0v) is 18.9. The van der Waals surface area contributed by atoms with Crippen LogP contribution in [0.15, 0.2) is 29.1 Å². The molecule has 0 radical (unpaired) electrons. The zero-order valence-electron chi connectivity index (χ0n) is 18.9. The van der Waals surface area contributed by atoms with Crippen LogP contribution in [-0.4, -0.2) is 66.1 Å². The predicted octanol–water partition coefficient (Wildman–Crippen LogP) is 1.63. The lowest BCUT2D eigenvalue weighted by atomic mass is 10.1. The number of pyridine rings is 1. The Bertz CT molecular complexity index is 1210. The molecule has 1 amide bonds. The van der Waals surface area contributed by atoms with Crippen molar-refractivity contribution >= 4 is 22.6 Å². The van der Waals surface area contributed by atoms with E-state index in [1.165, 1.54) is 12.7 Å². The van der Waals surface area contributed by atoms with Crippen LogP contribution in [0.2, 0.25) is 0 Å². The largest absolute Gasteiger partial charge is 0.477 e. The van der Waals surface area contributed by atoms with E-state index >= 15 is 0 Å². The molecule has 168 valence electrons. The topological polar surface area (TPSA) is 103 Å². The molecule has 3 aromatic rings. The monoisotopic (exact) mass is 436 g/mol. The van der Waals surface area contributed by atoms with Crippen LogP contribution < -0.4 is 20.5 Å². The van der Waals surface area contributed by atoms with Gasteiger partial charge >= 0.3 is 5.56 Å². The number of piperazine rings is 1. The van der Waals surface area contributed by atoms with E-state index in [-0.39, 0.29) is 17.3 Å². The first kappa shape index (κ1) is 21.8. The lowest BCUT2D eigenvalue weighted by molar-refractivity contribution is 0.0958. The number of amides is 1. The molecule has 3 heterocycles. The van der Waals surface area contributed by atoms with Gasteiger partial charge in [-0.05, 0) is 43.2 Å². The maximum absolute atomic E-state index is 12.1. The van der Waals surface area contributed by atoms with Crippen LogP contribution in [0.5, 0.6) is 5.88 Å². The van der Waals surface area contributed by atoms with Crippen molar-refractivity contribution in [3.63, 3.8) is 0 Å². The molecule has 1 aliphatic rings. The maximum atomic E-state index is 12.1. The number of aryl methyl sites for hydroxylation is 2. The molecule has 9 nitrogen and oxygen atoms in total. The third-order valence-corrected chi connectivity index (χ3v) is 6.03. The van der Waals surface area contributed by atoms with E-state index in [1.807, 2.05) is 26.0 Å². The van der Waals surface area contributed by atoms with Gasteiger partial charge in [-0.25, -0.2) is 9.97 Å². The first-order valence-corrected chi connectivity index (χ1v) is 10.6. The highest BCUT2D eigenvalue weighted by Crippen LogP contribution is 2.23. The second kappa shape index (κ2) is 8.96. The smallest absolute Gasteiger partial charge is 0.311 e. The molecule has 32 heavy (non-hydrogen) atoms. The van der Waals surface area contributed by atoms with Crippen LogP contribution in [0.25, 0.3) is 11.0 Å². The van der Waals surface area contributed by atoms with Crippen molar-refractivity contribution in [1.29, 1.82) is 0 Å². The van der Waals surface area contributed by atoms with Crippen LogP contribution >= 0.6 is 0 Å². The average molecular weight is 437 g/mol. The van der Waals surface area contributed by atoms with E-state index in [0.29, 0.717) is 5.69 Å². The van der Waals surface area contributed by atoms with E-state index in [0.717, 1.165) is 60.7 Å². The number of aromatic amines is 1. The summed E-state index contributed by atoms with van der Waals surface area (Å²) in [5, 5.41) is 2.61. The lowest BCUT2D eigenvalue weighted by Crippen LogP contribution is -2.46. The summed E-state index contributed by atoms with van der Waals surface area (Å²) < 4.78 is 5.03. The summed E-state index contributed by atoms with van der Waals surface area (Å²) in [7, 11) is 3.05. The molecule has 2 aromatic heterocycles. The Labute approximate surface area is 186 Å². The van der Waals surface area contributed by atoms with E-state index in [9.17, 15) is 9.59 Å². The number of fused-ring (bicyclic) bond motifs is 1. The van der Waals surface area contributed by atoms with Gasteiger partial charge in [-0.2, -0.15) is 0 Å². The first-order chi connectivity index (χ1) is 15.4. The minimum absolute atomic E-state index is 0.0777. The van der Waals surface area contributed by atoms with Crippen LogP contribution in [-0.2, 0) is 6.54 Å². The molecule has 0 unspecified atom stereocenters. The molecule has 0 atom stereocenters. The van der Waals surface area contributed by atoms with Gasteiger partial charge in [-0.3, -0.25) is 14.5 Å². The Kier molecular flexibility index (Phi) is 6.09. The minimum Gasteiger partial charge on any atom is -0.477 e. The third-order valence-electron chi connectivity index (χ3n) is 6.03. The summed E-state index contributed by atoms with van der Waals surface area (Å²) in [6.45, 7) is 8.33. The molecular formula is C23H28N6O3. The highest BCUT2D eigenvalue weighted by molar-refractivity contribution is 5.92. The number of nitrogens with one attached hydrogen (secondary N) is 2. The summed E-state index contributed by atoms with van der Waals surface area (Å²) >= 11 is 0. The molecule has 0 bridgehead atoms. The number of aromatic nitrogens is 3. The molecule has 4 rings (SSSR count). The molecule has 0 aliphatic carbocycles. The third kappa shape index (κ3) is 4.16. The molecule has 2 N–H and O–H groups in total. The molecular weight excluding hydrogens is 408 g/mol. The van der Waals surface area contributed by atoms with Crippen molar-refractivity contribution in [3.8, 4) is 5.88 Å². The number of carbonyl (C=O) groups excluding carboxylic acids is 1. The average Bonchev–Trinajstić information content (AvgIpc) is 2.81. The SMILES string of the molecule is CNC(=O)c1ccc(N2CCN(Cc3ccc4nc(OC)c(=O)[nH]c4c3C)CC2)c(C)n1. The second-order valence-electron chi connectivity index (χ2n) is 7.96. The summed E-state index contributed by atoms with van der Waals surface area (Å²) in [4.78, 5) is 40.3. The van der Waals surface area contributed by atoms with Gasteiger partial charge in [-0.1, -0.05) is 6.07 Å². The van der Waals surface area contributed by atoms with Gasteiger partial charge in [0.25, 0.3) is 11.8 Å². The lowest BCUT2D eigenvalue weighted by Gasteiger charge is -2.36. The van der Waals surface area contributed by atoms with E-state index in [1.54, 1.807) is 13.1 Å². The number of methoxy groups -OCH3 is 1. The summed E-state index contributed by atoms with van der Waals surface area (Å²) in [6, 6.07) is 7.75. The number of hydrogen-bond acceptors (Lipinski definition) is 7. The quantitative estimate of drug-likeness (QED) is 0.626. The molecule has 1 saturated heterocycles. The van der Waals surface area contributed by atoms with Crippen LogP contribution in [0.1, 0.15) is 27.3 Å². The molecule has 1 aromatic carbocycles. The van der Waals surface area contributed by atoms with Gasteiger partial charge in [0.1, 0.15) is 5.69 Å². The highest BCUT2D eigenvalue weighted by atomic mass is 16.5. The van der Waals surface area contributed by atoms with Gasteiger partial charge in [-0.15, -0.1) is 0 Å². The fourth-order valence-corrected chi connectivity index (χ4v) is 4.16. The van der Waals surface area contributed by atoms with E-state index in [4.69, 9.17) is 4.74 Å². The summed E-state index contributed by atoms with van der Waals surface area (Å²) in [5.41, 5.74) is 5.71. The van der Waals surface area contributed by atoms with Gasteiger partial charge in [0.05, 0.1) is 29.5 Å².